The zero-order valence-electron chi connectivity index (χ0n) is 8.59. The van der Waals surface area contributed by atoms with Crippen molar-refractivity contribution in [1.82, 2.24) is 5.32 Å². The molecule has 16 heavy (non-hydrogen) atoms. The first-order valence-corrected chi connectivity index (χ1v) is 5.17. The summed E-state index contributed by atoms with van der Waals surface area (Å²) < 4.78 is 26.4. The lowest BCUT2D eigenvalue weighted by atomic mass is 10.2. The van der Waals surface area contributed by atoms with Crippen LogP contribution in [0.15, 0.2) is 18.2 Å². The van der Waals surface area contributed by atoms with Gasteiger partial charge >= 0.3 is 0 Å². The highest BCUT2D eigenvalue weighted by molar-refractivity contribution is 5.95. The fourth-order valence-electron chi connectivity index (χ4n) is 1.74. The highest BCUT2D eigenvalue weighted by atomic mass is 19.1. The predicted molar refractivity (Wildman–Crippen MR) is 56.0 cm³/mol. The summed E-state index contributed by atoms with van der Waals surface area (Å²) in [5.41, 5.74) is -0.374. The molecule has 1 saturated heterocycles. The minimum absolute atomic E-state index is 0.348. The second-order valence-corrected chi connectivity index (χ2v) is 3.73. The highest BCUT2D eigenvalue weighted by Crippen LogP contribution is 2.19. The van der Waals surface area contributed by atoms with E-state index in [2.05, 4.69) is 10.6 Å². The average molecular weight is 226 g/mol. The molecule has 1 aromatic carbocycles. The number of halogens is 2. The number of carbonyl (C=O) groups excluding carboxylic acids is 1. The summed E-state index contributed by atoms with van der Waals surface area (Å²) in [6.45, 7) is 0.762. The molecule has 0 radical (unpaired) electrons. The molecule has 0 aromatic heterocycles. The van der Waals surface area contributed by atoms with Crippen molar-refractivity contribution in [3.63, 3.8) is 0 Å². The lowest BCUT2D eigenvalue weighted by Gasteiger charge is -2.12. The minimum Gasteiger partial charge on any atom is -0.320 e. The zero-order valence-corrected chi connectivity index (χ0v) is 8.59. The molecule has 5 heteroatoms. The SMILES string of the molecule is O=C(Nc1c(F)cccc1F)C1CCCN1. The smallest absolute Gasteiger partial charge is 0.241 e. The molecular weight excluding hydrogens is 214 g/mol. The van der Waals surface area contributed by atoms with Crippen LogP contribution in [0.25, 0.3) is 0 Å². The van der Waals surface area contributed by atoms with Crippen LogP contribution >= 0.6 is 0 Å². The second-order valence-electron chi connectivity index (χ2n) is 3.73. The Labute approximate surface area is 91.8 Å². The fraction of sp³-hybridized carbons (Fsp3) is 0.364. The van der Waals surface area contributed by atoms with Crippen LogP contribution in [0.4, 0.5) is 14.5 Å². The average Bonchev–Trinajstić information content (AvgIpc) is 2.76. The third-order valence-electron chi connectivity index (χ3n) is 2.59. The van der Waals surface area contributed by atoms with Crippen molar-refractivity contribution >= 4 is 11.6 Å². The highest BCUT2D eigenvalue weighted by Gasteiger charge is 2.23. The summed E-state index contributed by atoms with van der Waals surface area (Å²) in [5.74, 6) is -1.90. The Balaban J connectivity index is 2.11. The van der Waals surface area contributed by atoms with Gasteiger partial charge in [0.2, 0.25) is 5.91 Å². The van der Waals surface area contributed by atoms with Crippen molar-refractivity contribution < 1.29 is 13.6 Å². The maximum absolute atomic E-state index is 13.2. The molecular formula is C11H12F2N2O. The third-order valence-corrected chi connectivity index (χ3v) is 2.59. The van der Waals surface area contributed by atoms with Crippen molar-refractivity contribution in [2.24, 2.45) is 0 Å². The normalized spacial score (nSPS) is 19.8. The number of anilines is 1. The van der Waals surface area contributed by atoms with Gasteiger partial charge < -0.3 is 10.6 Å². The van der Waals surface area contributed by atoms with E-state index in [0.29, 0.717) is 6.42 Å². The first kappa shape index (κ1) is 11.0. The van der Waals surface area contributed by atoms with Gasteiger partial charge in [0.15, 0.2) is 0 Å². The summed E-state index contributed by atoms with van der Waals surface area (Å²) in [7, 11) is 0. The molecule has 1 aliphatic rings. The van der Waals surface area contributed by atoms with Gasteiger partial charge in [0.1, 0.15) is 17.3 Å². The predicted octanol–water partition coefficient (Wildman–Crippen LogP) is 1.66. The Morgan fingerprint density at radius 2 is 2.06 bits per heavy atom. The van der Waals surface area contributed by atoms with Crippen molar-refractivity contribution in [2.75, 3.05) is 11.9 Å². The Hall–Kier alpha value is -1.49. The van der Waals surface area contributed by atoms with Crippen LogP contribution in [-0.4, -0.2) is 18.5 Å². The van der Waals surface area contributed by atoms with Crippen molar-refractivity contribution in [3.05, 3.63) is 29.8 Å². The van der Waals surface area contributed by atoms with Crippen molar-refractivity contribution in [1.29, 1.82) is 0 Å². The third kappa shape index (κ3) is 2.19. The monoisotopic (exact) mass is 226 g/mol. The van der Waals surface area contributed by atoms with Gasteiger partial charge in [-0.25, -0.2) is 8.78 Å². The van der Waals surface area contributed by atoms with Crippen LogP contribution in [0.1, 0.15) is 12.8 Å². The van der Waals surface area contributed by atoms with E-state index >= 15 is 0 Å². The van der Waals surface area contributed by atoms with Gasteiger partial charge in [0, 0.05) is 0 Å². The summed E-state index contributed by atoms with van der Waals surface area (Å²) >= 11 is 0. The molecule has 2 rings (SSSR count). The Morgan fingerprint density at radius 3 is 2.62 bits per heavy atom. The van der Waals surface area contributed by atoms with Crippen LogP contribution < -0.4 is 10.6 Å². The largest absolute Gasteiger partial charge is 0.320 e. The van der Waals surface area contributed by atoms with Crippen LogP contribution in [0.2, 0.25) is 0 Å². The molecule has 1 heterocycles. The van der Waals surface area contributed by atoms with E-state index in [1.807, 2.05) is 0 Å². The van der Waals surface area contributed by atoms with Gasteiger partial charge in [-0.2, -0.15) is 0 Å². The summed E-state index contributed by atoms with van der Waals surface area (Å²) in [5, 5.41) is 5.23. The Morgan fingerprint density at radius 1 is 1.38 bits per heavy atom. The number of benzene rings is 1. The maximum atomic E-state index is 13.2. The van der Waals surface area contributed by atoms with E-state index in [4.69, 9.17) is 0 Å². The molecule has 86 valence electrons. The van der Waals surface area contributed by atoms with Gasteiger partial charge in [-0.05, 0) is 31.5 Å². The quantitative estimate of drug-likeness (QED) is 0.805. The van der Waals surface area contributed by atoms with Gasteiger partial charge in [0.05, 0.1) is 6.04 Å². The van der Waals surface area contributed by atoms with E-state index < -0.39 is 11.6 Å². The minimum atomic E-state index is -0.758. The van der Waals surface area contributed by atoms with Crippen LogP contribution in [-0.2, 0) is 4.79 Å². The van der Waals surface area contributed by atoms with E-state index in [-0.39, 0.29) is 17.6 Å². The van der Waals surface area contributed by atoms with E-state index in [9.17, 15) is 13.6 Å². The van der Waals surface area contributed by atoms with E-state index in [0.717, 1.165) is 25.1 Å². The lowest BCUT2D eigenvalue weighted by Crippen LogP contribution is -2.35. The number of carbonyl (C=O) groups is 1. The molecule has 0 aliphatic carbocycles. The van der Waals surface area contributed by atoms with Gasteiger partial charge in [0.25, 0.3) is 0 Å². The fourth-order valence-corrected chi connectivity index (χ4v) is 1.74. The molecule has 1 aliphatic heterocycles. The number of hydrogen-bond acceptors (Lipinski definition) is 2. The van der Waals surface area contributed by atoms with E-state index in [1.54, 1.807) is 0 Å². The molecule has 3 nitrogen and oxygen atoms in total. The number of nitrogens with one attached hydrogen (secondary N) is 2. The van der Waals surface area contributed by atoms with Crippen LogP contribution in [0.5, 0.6) is 0 Å². The molecule has 1 aromatic rings. The first-order valence-electron chi connectivity index (χ1n) is 5.17. The molecule has 1 atom stereocenters. The van der Waals surface area contributed by atoms with Crippen molar-refractivity contribution in [2.45, 2.75) is 18.9 Å². The topological polar surface area (TPSA) is 41.1 Å². The molecule has 0 spiro atoms. The molecule has 0 bridgehead atoms. The van der Waals surface area contributed by atoms with E-state index in [1.165, 1.54) is 6.07 Å². The number of amides is 1. The molecule has 0 saturated carbocycles. The maximum Gasteiger partial charge on any atom is 0.241 e. The summed E-state index contributed by atoms with van der Waals surface area (Å²) in [6.07, 6.45) is 1.60. The van der Waals surface area contributed by atoms with Gasteiger partial charge in [-0.15, -0.1) is 0 Å². The number of para-hydroxylation sites is 1. The summed E-state index contributed by atoms with van der Waals surface area (Å²) in [6, 6.07) is 3.13. The standard InChI is InChI=1S/C11H12F2N2O/c12-7-3-1-4-8(13)10(7)15-11(16)9-5-2-6-14-9/h1,3-4,9,14H,2,5-6H2,(H,15,16). The van der Waals surface area contributed by atoms with Crippen LogP contribution in [0.3, 0.4) is 0 Å². The lowest BCUT2D eigenvalue weighted by molar-refractivity contribution is -0.117. The Bertz CT molecular complexity index is 383. The second kappa shape index (κ2) is 4.57. The molecule has 2 N–H and O–H groups in total. The zero-order chi connectivity index (χ0) is 11.5. The molecule has 1 amide bonds. The number of rotatable bonds is 2. The van der Waals surface area contributed by atoms with Crippen LogP contribution in [0, 0.1) is 11.6 Å². The van der Waals surface area contributed by atoms with Crippen molar-refractivity contribution in [3.8, 4) is 0 Å². The summed E-state index contributed by atoms with van der Waals surface area (Å²) in [4.78, 5) is 11.6. The molecule has 1 fully saturated rings. The van der Waals surface area contributed by atoms with Gasteiger partial charge in [-0.1, -0.05) is 6.07 Å². The molecule has 1 unspecified atom stereocenters. The Kier molecular flexibility index (Phi) is 3.14. The van der Waals surface area contributed by atoms with Gasteiger partial charge in [-0.3, -0.25) is 4.79 Å². The first-order chi connectivity index (χ1) is 7.68. The number of hydrogen-bond donors (Lipinski definition) is 2.